The number of carbonyl (C=O) groups is 1. The van der Waals surface area contributed by atoms with Gasteiger partial charge < -0.3 is 15.0 Å². The number of thiazole rings is 1. The third-order valence-electron chi connectivity index (χ3n) is 5.24. The van der Waals surface area contributed by atoms with Crippen LogP contribution in [0.4, 0.5) is 5.13 Å². The molecule has 1 saturated heterocycles. The molecule has 0 radical (unpaired) electrons. The van der Waals surface area contributed by atoms with Crippen molar-refractivity contribution in [1.29, 1.82) is 0 Å². The number of carbonyl (C=O) groups excluding carboxylic acids is 1. The van der Waals surface area contributed by atoms with E-state index in [1.165, 1.54) is 11.3 Å². The summed E-state index contributed by atoms with van der Waals surface area (Å²) in [6, 6.07) is 5.49. The molecule has 1 aliphatic heterocycles. The van der Waals surface area contributed by atoms with Crippen LogP contribution in [0.1, 0.15) is 39.9 Å². The van der Waals surface area contributed by atoms with Crippen LogP contribution in [0.25, 0.3) is 21.3 Å². The summed E-state index contributed by atoms with van der Waals surface area (Å²) >= 11 is 1.39. The van der Waals surface area contributed by atoms with Gasteiger partial charge in [0.25, 0.3) is 5.56 Å². The summed E-state index contributed by atoms with van der Waals surface area (Å²) < 4.78 is 6.03. The van der Waals surface area contributed by atoms with E-state index in [0.717, 1.165) is 10.4 Å². The molecule has 0 spiro atoms. The van der Waals surface area contributed by atoms with Gasteiger partial charge in [-0.05, 0) is 58.7 Å². The first kappa shape index (κ1) is 19.7. The predicted octanol–water partition coefficient (Wildman–Crippen LogP) is 3.89. The van der Waals surface area contributed by atoms with Crippen LogP contribution in [-0.2, 0) is 9.53 Å². The summed E-state index contributed by atoms with van der Waals surface area (Å²) in [4.78, 5) is 37.2. The first-order chi connectivity index (χ1) is 13.5. The van der Waals surface area contributed by atoms with Crippen LogP contribution in [0.2, 0.25) is 0 Å². The Balaban J connectivity index is 1.57. The molecule has 4 rings (SSSR count). The number of hydrogen-bond donors (Lipinski definition) is 2. The van der Waals surface area contributed by atoms with Gasteiger partial charge in [-0.2, -0.15) is 0 Å². The molecule has 1 aliphatic rings. The molecule has 0 aliphatic carbocycles. The van der Waals surface area contributed by atoms with Crippen LogP contribution < -0.4 is 10.9 Å². The lowest BCUT2D eigenvalue weighted by molar-refractivity contribution is -0.126. The quantitative estimate of drug-likeness (QED) is 0.680. The van der Waals surface area contributed by atoms with Crippen LogP contribution >= 0.6 is 11.3 Å². The SMILES string of the molecule is Cc1nc2cc(-c3cnc(NC(=O)C4CC(C)(C)OC4(C)C)s3)ccc2c(=O)[nH]1. The molecule has 0 saturated carbocycles. The average Bonchev–Trinajstić information content (AvgIpc) is 3.14. The standard InChI is InChI=1S/C21H24N4O3S/c1-11-23-15-8-12(6-7-13(15)17(26)24-11)16-10-22-19(29-16)25-18(27)14-9-20(2,3)28-21(14,4)5/h6-8,10,14H,9H2,1-5H3,(H,22,25,27)(H,23,24,26). The Hall–Kier alpha value is -2.58. The zero-order chi connectivity index (χ0) is 21.0. The Bertz CT molecular complexity index is 1160. The minimum atomic E-state index is -0.525. The summed E-state index contributed by atoms with van der Waals surface area (Å²) in [7, 11) is 0. The van der Waals surface area contributed by atoms with E-state index in [2.05, 4.69) is 20.3 Å². The molecule has 8 heteroatoms. The summed E-state index contributed by atoms with van der Waals surface area (Å²) in [6.07, 6.45) is 2.38. The maximum atomic E-state index is 12.8. The number of amides is 1. The molecule has 1 fully saturated rings. The molecule has 1 amide bonds. The Labute approximate surface area is 172 Å². The van der Waals surface area contributed by atoms with E-state index in [1.807, 2.05) is 39.8 Å². The molecular formula is C21H24N4O3S. The van der Waals surface area contributed by atoms with Crippen molar-refractivity contribution in [2.75, 3.05) is 5.32 Å². The second kappa shape index (κ2) is 6.74. The molecule has 2 aromatic heterocycles. The highest BCUT2D eigenvalue weighted by molar-refractivity contribution is 7.19. The Morgan fingerprint density at radius 3 is 2.76 bits per heavy atom. The highest BCUT2D eigenvalue weighted by atomic mass is 32.1. The highest BCUT2D eigenvalue weighted by Crippen LogP contribution is 2.42. The van der Waals surface area contributed by atoms with E-state index in [-0.39, 0.29) is 23.0 Å². The van der Waals surface area contributed by atoms with Crippen LogP contribution in [0.5, 0.6) is 0 Å². The van der Waals surface area contributed by atoms with Crippen molar-refractivity contribution in [1.82, 2.24) is 15.0 Å². The van der Waals surface area contributed by atoms with Gasteiger partial charge in [-0.15, -0.1) is 0 Å². The topological polar surface area (TPSA) is 97.0 Å². The predicted molar refractivity (Wildman–Crippen MR) is 114 cm³/mol. The number of fused-ring (bicyclic) bond motifs is 1. The van der Waals surface area contributed by atoms with Gasteiger partial charge in [0.2, 0.25) is 5.91 Å². The number of benzene rings is 1. The minimum absolute atomic E-state index is 0.0798. The van der Waals surface area contributed by atoms with Crippen molar-refractivity contribution >= 4 is 33.3 Å². The van der Waals surface area contributed by atoms with Crippen LogP contribution in [0.15, 0.2) is 29.2 Å². The maximum absolute atomic E-state index is 12.8. The van der Waals surface area contributed by atoms with Gasteiger partial charge in [-0.1, -0.05) is 17.4 Å². The highest BCUT2D eigenvalue weighted by Gasteiger charge is 2.49. The maximum Gasteiger partial charge on any atom is 0.258 e. The number of hydrogen-bond acceptors (Lipinski definition) is 6. The molecule has 7 nitrogen and oxygen atoms in total. The zero-order valence-corrected chi connectivity index (χ0v) is 17.9. The first-order valence-corrected chi connectivity index (χ1v) is 10.3. The van der Waals surface area contributed by atoms with E-state index in [4.69, 9.17) is 4.74 Å². The van der Waals surface area contributed by atoms with Gasteiger partial charge in [0.1, 0.15) is 5.82 Å². The summed E-state index contributed by atoms with van der Waals surface area (Å²) in [5.41, 5.74) is 0.532. The van der Waals surface area contributed by atoms with E-state index in [1.54, 1.807) is 19.2 Å². The minimum Gasteiger partial charge on any atom is -0.369 e. The molecular weight excluding hydrogens is 388 g/mol. The lowest BCUT2D eigenvalue weighted by atomic mass is 9.87. The van der Waals surface area contributed by atoms with E-state index in [0.29, 0.717) is 28.3 Å². The van der Waals surface area contributed by atoms with Gasteiger partial charge in [0, 0.05) is 6.20 Å². The van der Waals surface area contributed by atoms with E-state index in [9.17, 15) is 9.59 Å². The normalized spacial score (nSPS) is 20.1. The van der Waals surface area contributed by atoms with Crippen molar-refractivity contribution in [3.63, 3.8) is 0 Å². The Morgan fingerprint density at radius 1 is 1.31 bits per heavy atom. The number of aromatic amines is 1. The van der Waals surface area contributed by atoms with Crippen LogP contribution in [0, 0.1) is 12.8 Å². The van der Waals surface area contributed by atoms with Crippen molar-refractivity contribution in [2.45, 2.75) is 52.2 Å². The van der Waals surface area contributed by atoms with Gasteiger partial charge in [0.05, 0.1) is 32.9 Å². The summed E-state index contributed by atoms with van der Waals surface area (Å²) in [5.74, 6) is 0.245. The van der Waals surface area contributed by atoms with E-state index < -0.39 is 5.60 Å². The van der Waals surface area contributed by atoms with Crippen molar-refractivity contribution < 1.29 is 9.53 Å². The van der Waals surface area contributed by atoms with Crippen LogP contribution in [-0.4, -0.2) is 32.1 Å². The Morgan fingerprint density at radius 2 is 2.07 bits per heavy atom. The number of rotatable bonds is 3. The number of aromatic nitrogens is 3. The van der Waals surface area contributed by atoms with Crippen molar-refractivity contribution in [3.8, 4) is 10.4 Å². The smallest absolute Gasteiger partial charge is 0.258 e. The molecule has 1 atom stereocenters. The average molecular weight is 413 g/mol. The molecule has 2 N–H and O–H groups in total. The number of anilines is 1. The number of nitrogens with one attached hydrogen (secondary N) is 2. The van der Waals surface area contributed by atoms with Gasteiger partial charge >= 0.3 is 0 Å². The number of nitrogens with zero attached hydrogens (tertiary/aromatic N) is 2. The van der Waals surface area contributed by atoms with E-state index >= 15 is 0 Å². The fourth-order valence-electron chi connectivity index (χ4n) is 4.04. The first-order valence-electron chi connectivity index (χ1n) is 9.52. The monoisotopic (exact) mass is 412 g/mol. The lowest BCUT2D eigenvalue weighted by Gasteiger charge is -2.26. The molecule has 29 heavy (non-hydrogen) atoms. The number of H-pyrrole nitrogens is 1. The number of ether oxygens (including phenoxy) is 1. The summed E-state index contributed by atoms with van der Waals surface area (Å²) in [5, 5.41) is 4.03. The van der Waals surface area contributed by atoms with Crippen molar-refractivity contribution in [3.05, 3.63) is 40.6 Å². The third-order valence-corrected chi connectivity index (χ3v) is 6.20. The zero-order valence-electron chi connectivity index (χ0n) is 17.1. The molecule has 1 aromatic carbocycles. The molecule has 3 heterocycles. The fraction of sp³-hybridized carbons (Fsp3) is 0.429. The second-order valence-electron chi connectivity index (χ2n) is 8.62. The Kier molecular flexibility index (Phi) is 4.59. The molecule has 0 bridgehead atoms. The number of aryl methyl sites for hydroxylation is 1. The fourth-order valence-corrected chi connectivity index (χ4v) is 4.85. The van der Waals surface area contributed by atoms with Gasteiger partial charge in [-0.25, -0.2) is 9.97 Å². The molecule has 3 aromatic rings. The van der Waals surface area contributed by atoms with Gasteiger partial charge in [0.15, 0.2) is 5.13 Å². The largest absolute Gasteiger partial charge is 0.369 e. The second-order valence-corrected chi connectivity index (χ2v) is 9.65. The molecule has 152 valence electrons. The molecule has 1 unspecified atom stereocenters. The third kappa shape index (κ3) is 3.82. The summed E-state index contributed by atoms with van der Waals surface area (Å²) in [6.45, 7) is 9.66. The van der Waals surface area contributed by atoms with Gasteiger partial charge in [-0.3, -0.25) is 9.59 Å². The lowest BCUT2D eigenvalue weighted by Crippen LogP contribution is -2.36. The van der Waals surface area contributed by atoms with Crippen molar-refractivity contribution in [2.24, 2.45) is 5.92 Å². The van der Waals surface area contributed by atoms with Crippen LogP contribution in [0.3, 0.4) is 0 Å².